The second-order valence-corrected chi connectivity index (χ2v) is 9.68. The van der Waals surface area contributed by atoms with Crippen LogP contribution in [-0.2, 0) is 14.8 Å². The minimum absolute atomic E-state index is 0.0958. The molecule has 2 fully saturated rings. The van der Waals surface area contributed by atoms with Gasteiger partial charge in [-0.05, 0) is 42.0 Å². The first-order valence-corrected chi connectivity index (χ1v) is 11.5. The molecule has 0 spiro atoms. The van der Waals surface area contributed by atoms with E-state index in [9.17, 15) is 26.4 Å². The van der Waals surface area contributed by atoms with Gasteiger partial charge in [-0.2, -0.15) is 0 Å². The Balaban J connectivity index is 1.53. The van der Waals surface area contributed by atoms with Crippen molar-refractivity contribution < 1.29 is 26.4 Å². The molecule has 1 aliphatic heterocycles. The molecule has 160 valence electrons. The predicted octanol–water partition coefficient (Wildman–Crippen LogP) is 3.02. The van der Waals surface area contributed by atoms with Gasteiger partial charge in [-0.15, -0.1) is 0 Å². The molecule has 1 N–H and O–H groups in total. The van der Waals surface area contributed by atoms with Crippen LogP contribution in [0.4, 0.5) is 13.2 Å². The maximum atomic E-state index is 14.3. The first-order chi connectivity index (χ1) is 14.2. The third kappa shape index (κ3) is 3.96. The molecule has 3 atom stereocenters. The summed E-state index contributed by atoms with van der Waals surface area (Å²) in [6, 6.07) is 8.00. The molecule has 1 aliphatic carbocycles. The van der Waals surface area contributed by atoms with E-state index in [-0.39, 0.29) is 35.9 Å². The molecular formula is C21H21F3N2O3S. The molecule has 0 aromatic heterocycles. The van der Waals surface area contributed by atoms with Crippen molar-refractivity contribution in [2.75, 3.05) is 19.3 Å². The van der Waals surface area contributed by atoms with Gasteiger partial charge < -0.3 is 4.90 Å². The maximum Gasteiger partial charge on any atom is 0.226 e. The van der Waals surface area contributed by atoms with Gasteiger partial charge >= 0.3 is 0 Å². The number of nitrogens with one attached hydrogen (secondary N) is 1. The van der Waals surface area contributed by atoms with Crippen LogP contribution in [0.1, 0.15) is 24.3 Å². The Morgan fingerprint density at radius 2 is 1.83 bits per heavy atom. The number of benzene rings is 2. The quantitative estimate of drug-likeness (QED) is 0.705. The Kier molecular flexibility index (Phi) is 5.36. The fourth-order valence-corrected chi connectivity index (χ4v) is 4.53. The third-order valence-corrected chi connectivity index (χ3v) is 6.48. The van der Waals surface area contributed by atoms with Crippen molar-refractivity contribution in [1.82, 2.24) is 9.62 Å². The van der Waals surface area contributed by atoms with Crippen LogP contribution in [-0.4, -0.2) is 44.6 Å². The van der Waals surface area contributed by atoms with Crippen molar-refractivity contribution in [2.45, 2.75) is 24.8 Å². The monoisotopic (exact) mass is 438 g/mol. The van der Waals surface area contributed by atoms with Gasteiger partial charge in [0.25, 0.3) is 0 Å². The summed E-state index contributed by atoms with van der Waals surface area (Å²) in [4.78, 5) is 14.5. The first-order valence-electron chi connectivity index (χ1n) is 9.65. The van der Waals surface area contributed by atoms with Gasteiger partial charge in [-0.25, -0.2) is 26.3 Å². The minimum Gasteiger partial charge on any atom is -0.338 e. The van der Waals surface area contributed by atoms with Crippen molar-refractivity contribution in [3.8, 4) is 11.1 Å². The standard InChI is InChI=1S/C21H21F3N2O3S/c1-30(28,29)25-11-12-8-9-26(12)21(27)16-10-15(16)13-4-2-3-5-14(13)19-17(22)6-7-18(23)20(19)24/h2-7,12,15-16,25H,8-11H2,1H3/t12-,15-,16+/m0/s1. The zero-order valence-corrected chi connectivity index (χ0v) is 17.1. The lowest BCUT2D eigenvalue weighted by Crippen LogP contribution is -2.56. The molecule has 1 saturated carbocycles. The Morgan fingerprint density at radius 3 is 2.50 bits per heavy atom. The van der Waals surface area contributed by atoms with E-state index in [4.69, 9.17) is 0 Å². The zero-order valence-electron chi connectivity index (χ0n) is 16.2. The van der Waals surface area contributed by atoms with E-state index in [0.717, 1.165) is 18.4 Å². The summed E-state index contributed by atoms with van der Waals surface area (Å²) < 4.78 is 67.4. The highest BCUT2D eigenvalue weighted by Gasteiger charge is 2.49. The summed E-state index contributed by atoms with van der Waals surface area (Å²) in [5.41, 5.74) is 0.416. The number of sulfonamides is 1. The zero-order chi connectivity index (χ0) is 21.6. The molecule has 1 amide bonds. The Bertz CT molecular complexity index is 1110. The number of nitrogens with zero attached hydrogens (tertiary/aromatic N) is 1. The van der Waals surface area contributed by atoms with Crippen LogP contribution in [0.3, 0.4) is 0 Å². The minimum atomic E-state index is -3.34. The number of amides is 1. The van der Waals surface area contributed by atoms with Crippen molar-refractivity contribution in [1.29, 1.82) is 0 Å². The number of carbonyl (C=O) groups is 1. The highest BCUT2D eigenvalue weighted by molar-refractivity contribution is 7.88. The van der Waals surface area contributed by atoms with E-state index < -0.39 is 33.0 Å². The summed E-state index contributed by atoms with van der Waals surface area (Å²) >= 11 is 0. The van der Waals surface area contributed by atoms with Gasteiger partial charge in [0, 0.05) is 25.0 Å². The molecular weight excluding hydrogens is 417 g/mol. The highest BCUT2D eigenvalue weighted by atomic mass is 32.2. The molecule has 1 saturated heterocycles. The largest absolute Gasteiger partial charge is 0.338 e. The number of rotatable bonds is 6. The summed E-state index contributed by atoms with van der Waals surface area (Å²) in [5, 5.41) is 0. The maximum absolute atomic E-state index is 14.3. The molecule has 1 heterocycles. The van der Waals surface area contributed by atoms with Gasteiger partial charge in [0.1, 0.15) is 5.82 Å². The van der Waals surface area contributed by atoms with Crippen LogP contribution in [0.2, 0.25) is 0 Å². The van der Waals surface area contributed by atoms with Crippen LogP contribution < -0.4 is 4.72 Å². The number of likely N-dealkylation sites (tertiary alicyclic amines) is 1. The molecule has 9 heteroatoms. The normalized spacial score (nSPS) is 23.2. The fraction of sp³-hybridized carbons (Fsp3) is 0.381. The van der Waals surface area contributed by atoms with E-state index in [2.05, 4.69) is 4.72 Å². The summed E-state index contributed by atoms with van der Waals surface area (Å²) in [5.74, 6) is -3.90. The number of carbonyl (C=O) groups excluding carboxylic acids is 1. The molecule has 2 aliphatic rings. The van der Waals surface area contributed by atoms with Crippen LogP contribution in [0.15, 0.2) is 36.4 Å². The van der Waals surface area contributed by atoms with Gasteiger partial charge in [0.2, 0.25) is 15.9 Å². The summed E-state index contributed by atoms with van der Waals surface area (Å²) in [7, 11) is -3.34. The van der Waals surface area contributed by atoms with Crippen molar-refractivity contribution in [3.63, 3.8) is 0 Å². The molecule has 2 aromatic rings. The van der Waals surface area contributed by atoms with Crippen LogP contribution in [0.5, 0.6) is 0 Å². The first kappa shape index (κ1) is 20.9. The highest BCUT2D eigenvalue weighted by Crippen LogP contribution is 2.52. The lowest BCUT2D eigenvalue weighted by Gasteiger charge is -2.41. The SMILES string of the molecule is CS(=O)(=O)NC[C@@H]1CCN1C(=O)[C@@H]1C[C@H]1c1ccccc1-c1c(F)ccc(F)c1F. The van der Waals surface area contributed by atoms with E-state index in [1.54, 1.807) is 23.1 Å². The Hall–Kier alpha value is -2.39. The summed E-state index contributed by atoms with van der Waals surface area (Å²) in [6.45, 7) is 0.714. The van der Waals surface area contributed by atoms with Crippen molar-refractivity contribution >= 4 is 15.9 Å². The molecule has 0 bridgehead atoms. The topological polar surface area (TPSA) is 66.5 Å². The van der Waals surface area contributed by atoms with Crippen molar-refractivity contribution in [2.24, 2.45) is 5.92 Å². The molecule has 4 rings (SSSR count). The van der Waals surface area contributed by atoms with Crippen molar-refractivity contribution in [3.05, 3.63) is 59.4 Å². The molecule has 0 radical (unpaired) electrons. The fourth-order valence-electron chi connectivity index (χ4n) is 4.04. The number of hydrogen-bond acceptors (Lipinski definition) is 3. The lowest BCUT2D eigenvalue weighted by atomic mass is 9.94. The smallest absolute Gasteiger partial charge is 0.226 e. The van der Waals surface area contributed by atoms with Gasteiger partial charge in [0.15, 0.2) is 11.6 Å². The van der Waals surface area contributed by atoms with E-state index in [1.165, 1.54) is 6.07 Å². The van der Waals surface area contributed by atoms with E-state index in [0.29, 0.717) is 24.9 Å². The molecule has 30 heavy (non-hydrogen) atoms. The van der Waals surface area contributed by atoms with Gasteiger partial charge in [0.05, 0.1) is 11.8 Å². The molecule has 2 aromatic carbocycles. The predicted molar refractivity (Wildman–Crippen MR) is 106 cm³/mol. The second-order valence-electron chi connectivity index (χ2n) is 7.85. The van der Waals surface area contributed by atoms with Crippen LogP contribution in [0, 0.1) is 23.4 Å². The number of hydrogen-bond donors (Lipinski definition) is 1. The second kappa shape index (κ2) is 7.70. The van der Waals surface area contributed by atoms with E-state index in [1.807, 2.05) is 0 Å². The Morgan fingerprint density at radius 1 is 1.13 bits per heavy atom. The van der Waals surface area contributed by atoms with Gasteiger partial charge in [-0.3, -0.25) is 4.79 Å². The molecule has 5 nitrogen and oxygen atoms in total. The molecule has 0 unspecified atom stereocenters. The Labute approximate surface area is 172 Å². The third-order valence-electron chi connectivity index (χ3n) is 5.79. The van der Waals surface area contributed by atoms with E-state index >= 15 is 0 Å². The van der Waals surface area contributed by atoms with Crippen LogP contribution in [0.25, 0.3) is 11.1 Å². The van der Waals surface area contributed by atoms with Crippen LogP contribution >= 0.6 is 0 Å². The number of halogens is 3. The lowest BCUT2D eigenvalue weighted by molar-refractivity contribution is -0.140. The summed E-state index contributed by atoms with van der Waals surface area (Å²) in [6.07, 6.45) is 2.30. The average Bonchev–Trinajstić information content (AvgIpc) is 3.44. The average molecular weight is 438 g/mol. The van der Waals surface area contributed by atoms with Gasteiger partial charge in [-0.1, -0.05) is 24.3 Å².